The summed E-state index contributed by atoms with van der Waals surface area (Å²) in [7, 11) is 0. The lowest BCUT2D eigenvalue weighted by Gasteiger charge is -2.46. The molecule has 1 saturated heterocycles. The zero-order valence-electron chi connectivity index (χ0n) is 10.4. The number of aryl methyl sites for hydroxylation is 1. The first-order chi connectivity index (χ1) is 7.65. The second-order valence-corrected chi connectivity index (χ2v) is 5.14. The summed E-state index contributed by atoms with van der Waals surface area (Å²) < 4.78 is 0. The van der Waals surface area contributed by atoms with Gasteiger partial charge in [-0.2, -0.15) is 0 Å². The highest BCUT2D eigenvalue weighted by Gasteiger charge is 2.34. The fraction of sp³-hybridized carbons (Fsp3) is 0.571. The van der Waals surface area contributed by atoms with Crippen molar-refractivity contribution >= 4 is 0 Å². The summed E-state index contributed by atoms with van der Waals surface area (Å²) in [6.45, 7) is 7.63. The van der Waals surface area contributed by atoms with Gasteiger partial charge >= 0.3 is 0 Å². The third-order valence-electron chi connectivity index (χ3n) is 3.89. The molecule has 0 radical (unpaired) electrons. The maximum atomic E-state index is 5.97. The molecule has 2 rings (SSSR count). The number of hydrogen-bond acceptors (Lipinski definition) is 2. The van der Waals surface area contributed by atoms with Crippen LogP contribution in [0, 0.1) is 6.92 Å². The van der Waals surface area contributed by atoms with Crippen LogP contribution in [0.1, 0.15) is 24.5 Å². The number of benzene rings is 1. The van der Waals surface area contributed by atoms with Crippen molar-refractivity contribution in [2.75, 3.05) is 19.6 Å². The van der Waals surface area contributed by atoms with Gasteiger partial charge in [-0.3, -0.25) is 4.90 Å². The molecule has 0 bridgehead atoms. The molecule has 1 aromatic carbocycles. The van der Waals surface area contributed by atoms with Crippen LogP contribution in [-0.2, 0) is 6.42 Å². The van der Waals surface area contributed by atoms with Gasteiger partial charge in [0.2, 0.25) is 0 Å². The Balaban J connectivity index is 2.14. The molecule has 0 spiro atoms. The van der Waals surface area contributed by atoms with E-state index in [9.17, 15) is 0 Å². The molecule has 0 saturated carbocycles. The molecule has 88 valence electrons. The highest BCUT2D eigenvalue weighted by molar-refractivity contribution is 5.27. The Morgan fingerprint density at radius 1 is 1.31 bits per heavy atom. The molecular weight excluding hydrogens is 196 g/mol. The van der Waals surface area contributed by atoms with Gasteiger partial charge in [-0.25, -0.2) is 0 Å². The van der Waals surface area contributed by atoms with E-state index in [1.807, 2.05) is 0 Å². The van der Waals surface area contributed by atoms with Crippen LogP contribution in [0.3, 0.4) is 0 Å². The summed E-state index contributed by atoms with van der Waals surface area (Å²) in [6.07, 6.45) is 2.39. The van der Waals surface area contributed by atoms with E-state index in [4.69, 9.17) is 5.73 Å². The van der Waals surface area contributed by atoms with E-state index in [1.165, 1.54) is 30.6 Å². The summed E-state index contributed by atoms with van der Waals surface area (Å²) in [5.41, 5.74) is 8.93. The fourth-order valence-corrected chi connectivity index (χ4v) is 2.39. The summed E-state index contributed by atoms with van der Waals surface area (Å²) >= 11 is 0. The minimum Gasteiger partial charge on any atom is -0.329 e. The van der Waals surface area contributed by atoms with Crippen molar-refractivity contribution in [3.8, 4) is 0 Å². The molecule has 1 aliphatic heterocycles. The van der Waals surface area contributed by atoms with Crippen molar-refractivity contribution in [1.29, 1.82) is 0 Å². The Labute approximate surface area is 98.4 Å². The maximum absolute atomic E-state index is 5.97. The van der Waals surface area contributed by atoms with Crippen LogP contribution < -0.4 is 5.73 Å². The number of likely N-dealkylation sites (tertiary alicyclic amines) is 1. The fourth-order valence-electron chi connectivity index (χ4n) is 2.39. The summed E-state index contributed by atoms with van der Waals surface area (Å²) in [4.78, 5) is 2.51. The average molecular weight is 218 g/mol. The SMILES string of the molecule is Cc1ccccc1CC(C)(CN)N1CCC1. The molecule has 1 heterocycles. The maximum Gasteiger partial charge on any atom is 0.0343 e. The van der Waals surface area contributed by atoms with E-state index in [0.717, 1.165) is 13.0 Å². The van der Waals surface area contributed by atoms with Crippen LogP contribution in [0.2, 0.25) is 0 Å². The normalized spacial score (nSPS) is 20.2. The van der Waals surface area contributed by atoms with Crippen molar-refractivity contribution in [3.63, 3.8) is 0 Å². The van der Waals surface area contributed by atoms with Crippen molar-refractivity contribution in [2.45, 2.75) is 32.2 Å². The molecular formula is C14H22N2. The molecule has 1 fully saturated rings. The van der Waals surface area contributed by atoms with Gasteiger partial charge in [0.15, 0.2) is 0 Å². The van der Waals surface area contributed by atoms with E-state index in [0.29, 0.717) is 0 Å². The highest BCUT2D eigenvalue weighted by atomic mass is 15.2. The topological polar surface area (TPSA) is 29.3 Å². The van der Waals surface area contributed by atoms with Gasteiger partial charge in [0.25, 0.3) is 0 Å². The zero-order chi connectivity index (χ0) is 11.6. The standard InChI is InChI=1S/C14H22N2/c1-12-6-3-4-7-13(12)10-14(2,11-15)16-8-5-9-16/h3-4,6-7H,5,8-11,15H2,1-2H3. The predicted molar refractivity (Wildman–Crippen MR) is 68.5 cm³/mol. The first-order valence-corrected chi connectivity index (χ1v) is 6.15. The number of hydrogen-bond donors (Lipinski definition) is 1. The van der Waals surface area contributed by atoms with E-state index < -0.39 is 0 Å². The van der Waals surface area contributed by atoms with Crippen LogP contribution in [0.5, 0.6) is 0 Å². The first kappa shape index (κ1) is 11.6. The van der Waals surface area contributed by atoms with Gasteiger partial charge in [-0.15, -0.1) is 0 Å². The van der Waals surface area contributed by atoms with Crippen molar-refractivity contribution in [1.82, 2.24) is 4.90 Å². The Morgan fingerprint density at radius 2 is 2.00 bits per heavy atom. The third-order valence-corrected chi connectivity index (χ3v) is 3.89. The van der Waals surface area contributed by atoms with E-state index in [2.05, 4.69) is 43.0 Å². The monoisotopic (exact) mass is 218 g/mol. The molecule has 1 aliphatic rings. The van der Waals surface area contributed by atoms with Crippen molar-refractivity contribution < 1.29 is 0 Å². The molecule has 0 aromatic heterocycles. The minimum absolute atomic E-state index is 0.143. The Bertz CT molecular complexity index is 358. The van der Waals surface area contributed by atoms with Crippen molar-refractivity contribution in [3.05, 3.63) is 35.4 Å². The van der Waals surface area contributed by atoms with Crippen LogP contribution in [-0.4, -0.2) is 30.1 Å². The molecule has 1 atom stereocenters. The van der Waals surface area contributed by atoms with Gasteiger partial charge in [-0.1, -0.05) is 24.3 Å². The molecule has 0 aliphatic carbocycles. The molecule has 1 aromatic rings. The van der Waals surface area contributed by atoms with Gasteiger partial charge < -0.3 is 5.73 Å². The van der Waals surface area contributed by atoms with Crippen LogP contribution in [0.4, 0.5) is 0 Å². The Morgan fingerprint density at radius 3 is 2.50 bits per heavy atom. The number of nitrogens with two attached hydrogens (primary N) is 1. The molecule has 16 heavy (non-hydrogen) atoms. The average Bonchev–Trinajstić information content (AvgIpc) is 2.19. The van der Waals surface area contributed by atoms with E-state index >= 15 is 0 Å². The third kappa shape index (κ3) is 2.13. The van der Waals surface area contributed by atoms with Crippen LogP contribution in [0.15, 0.2) is 24.3 Å². The molecule has 2 nitrogen and oxygen atoms in total. The van der Waals surface area contributed by atoms with Crippen molar-refractivity contribution in [2.24, 2.45) is 5.73 Å². The highest BCUT2D eigenvalue weighted by Crippen LogP contribution is 2.26. The lowest BCUT2D eigenvalue weighted by Crippen LogP contribution is -2.58. The quantitative estimate of drug-likeness (QED) is 0.837. The largest absolute Gasteiger partial charge is 0.329 e. The second kappa shape index (κ2) is 4.56. The first-order valence-electron chi connectivity index (χ1n) is 6.15. The van der Waals surface area contributed by atoms with Gasteiger partial charge in [0, 0.05) is 12.1 Å². The molecule has 0 amide bonds. The number of nitrogens with zero attached hydrogens (tertiary/aromatic N) is 1. The molecule has 1 unspecified atom stereocenters. The predicted octanol–water partition coefficient (Wildman–Crippen LogP) is 1.96. The Hall–Kier alpha value is -0.860. The minimum atomic E-state index is 0.143. The zero-order valence-corrected chi connectivity index (χ0v) is 10.4. The second-order valence-electron chi connectivity index (χ2n) is 5.14. The summed E-state index contributed by atoms with van der Waals surface area (Å²) in [6, 6.07) is 8.63. The summed E-state index contributed by atoms with van der Waals surface area (Å²) in [5.74, 6) is 0. The lowest BCUT2D eigenvalue weighted by atomic mass is 9.87. The Kier molecular flexibility index (Phi) is 3.31. The van der Waals surface area contributed by atoms with Gasteiger partial charge in [-0.05, 0) is 50.9 Å². The van der Waals surface area contributed by atoms with Gasteiger partial charge in [0.05, 0.1) is 0 Å². The summed E-state index contributed by atoms with van der Waals surface area (Å²) in [5, 5.41) is 0. The molecule has 2 heteroatoms. The smallest absolute Gasteiger partial charge is 0.0343 e. The van der Waals surface area contributed by atoms with Crippen LogP contribution >= 0.6 is 0 Å². The van der Waals surface area contributed by atoms with E-state index in [1.54, 1.807) is 0 Å². The molecule has 2 N–H and O–H groups in total. The van der Waals surface area contributed by atoms with Gasteiger partial charge in [0.1, 0.15) is 0 Å². The lowest BCUT2D eigenvalue weighted by molar-refractivity contribution is 0.0480. The number of rotatable bonds is 4. The van der Waals surface area contributed by atoms with Crippen LogP contribution in [0.25, 0.3) is 0 Å². The van der Waals surface area contributed by atoms with E-state index in [-0.39, 0.29) is 5.54 Å².